The zero-order valence-corrected chi connectivity index (χ0v) is 18.5. The van der Waals surface area contributed by atoms with Gasteiger partial charge in [-0.15, -0.1) is 10.2 Å². The maximum absolute atomic E-state index is 12.0. The summed E-state index contributed by atoms with van der Waals surface area (Å²) < 4.78 is 2.90. The lowest BCUT2D eigenvalue weighted by Crippen LogP contribution is -2.20. The minimum Gasteiger partial charge on any atom is -0.378 e. The maximum atomic E-state index is 12.0. The van der Waals surface area contributed by atoms with Crippen molar-refractivity contribution in [2.45, 2.75) is 18.6 Å². The van der Waals surface area contributed by atoms with Gasteiger partial charge in [0.25, 0.3) is 5.91 Å². The van der Waals surface area contributed by atoms with Gasteiger partial charge in [0, 0.05) is 17.2 Å². The van der Waals surface area contributed by atoms with Crippen LogP contribution >= 0.6 is 27.7 Å². The Labute approximate surface area is 182 Å². The Morgan fingerprint density at radius 2 is 1.90 bits per heavy atom. The van der Waals surface area contributed by atoms with Crippen LogP contribution in [0.25, 0.3) is 0 Å². The second kappa shape index (κ2) is 10.2. The van der Waals surface area contributed by atoms with Crippen molar-refractivity contribution >= 4 is 45.5 Å². The number of thioether (sulfide) groups is 1. The number of hydrazone groups is 1. The number of hydrogen-bond donors (Lipinski definition) is 2. The van der Waals surface area contributed by atoms with Crippen molar-refractivity contribution in [2.75, 3.05) is 11.1 Å². The van der Waals surface area contributed by atoms with Gasteiger partial charge in [-0.05, 0) is 36.8 Å². The molecule has 1 heterocycles. The standard InChI is InChI=1S/C20H21BrN6OS/c1-14-3-5-15(6-4-14)11-23-25-19(28)13-29-20-26-24-18(27(20)2)12-22-17-9-7-16(21)8-10-17/h3-11,22H,12-13H2,1-2H3,(H,25,28)/b23-11+. The van der Waals surface area contributed by atoms with Crippen molar-refractivity contribution in [3.8, 4) is 0 Å². The number of anilines is 1. The fraction of sp³-hybridized carbons (Fsp3) is 0.200. The van der Waals surface area contributed by atoms with Crippen LogP contribution in [0.4, 0.5) is 5.69 Å². The summed E-state index contributed by atoms with van der Waals surface area (Å²) in [5.74, 6) is 0.793. The molecule has 0 unspecified atom stereocenters. The van der Waals surface area contributed by atoms with E-state index in [0.29, 0.717) is 11.7 Å². The fourth-order valence-corrected chi connectivity index (χ4v) is 3.35. The predicted octanol–water partition coefficient (Wildman–Crippen LogP) is 3.74. The number of carbonyl (C=O) groups is 1. The van der Waals surface area contributed by atoms with E-state index >= 15 is 0 Å². The SMILES string of the molecule is Cc1ccc(/C=N/NC(=O)CSc2nnc(CNc3ccc(Br)cc3)n2C)cc1. The fourth-order valence-electron chi connectivity index (χ4n) is 2.37. The molecule has 0 fully saturated rings. The van der Waals surface area contributed by atoms with Crippen LogP contribution in [-0.2, 0) is 18.4 Å². The third-order valence-electron chi connectivity index (χ3n) is 4.03. The van der Waals surface area contributed by atoms with Crippen LogP contribution in [-0.4, -0.2) is 32.6 Å². The average Bonchev–Trinajstić information content (AvgIpc) is 3.07. The lowest BCUT2D eigenvalue weighted by molar-refractivity contribution is -0.118. The average molecular weight is 473 g/mol. The van der Waals surface area contributed by atoms with Gasteiger partial charge < -0.3 is 9.88 Å². The molecule has 0 aliphatic heterocycles. The molecule has 0 spiro atoms. The van der Waals surface area contributed by atoms with E-state index in [9.17, 15) is 4.79 Å². The van der Waals surface area contributed by atoms with E-state index < -0.39 is 0 Å². The van der Waals surface area contributed by atoms with Crippen molar-refractivity contribution in [1.29, 1.82) is 0 Å². The largest absolute Gasteiger partial charge is 0.378 e. The number of hydrogen-bond acceptors (Lipinski definition) is 6. The molecule has 7 nitrogen and oxygen atoms in total. The number of benzene rings is 2. The number of nitrogens with zero attached hydrogens (tertiary/aromatic N) is 4. The van der Waals surface area contributed by atoms with Gasteiger partial charge in [-0.1, -0.05) is 57.5 Å². The van der Waals surface area contributed by atoms with Crippen LogP contribution in [0.2, 0.25) is 0 Å². The molecule has 3 aromatic rings. The first-order valence-electron chi connectivity index (χ1n) is 8.90. The minimum atomic E-state index is -0.198. The van der Waals surface area contributed by atoms with Gasteiger partial charge in [0.2, 0.25) is 0 Å². The van der Waals surface area contributed by atoms with Crippen LogP contribution in [0, 0.1) is 6.92 Å². The van der Waals surface area contributed by atoms with Crippen molar-refractivity contribution in [3.63, 3.8) is 0 Å². The van der Waals surface area contributed by atoms with E-state index in [2.05, 4.69) is 42.0 Å². The highest BCUT2D eigenvalue weighted by molar-refractivity contribution is 9.10. The van der Waals surface area contributed by atoms with E-state index in [1.165, 1.54) is 17.3 Å². The van der Waals surface area contributed by atoms with Crippen LogP contribution < -0.4 is 10.7 Å². The van der Waals surface area contributed by atoms with Crippen LogP contribution in [0.1, 0.15) is 17.0 Å². The quantitative estimate of drug-likeness (QED) is 0.296. The van der Waals surface area contributed by atoms with Crippen LogP contribution in [0.5, 0.6) is 0 Å². The molecular weight excluding hydrogens is 452 g/mol. The molecule has 1 aromatic heterocycles. The zero-order chi connectivity index (χ0) is 20.6. The number of halogens is 1. The highest BCUT2D eigenvalue weighted by Crippen LogP contribution is 2.17. The normalized spacial score (nSPS) is 11.0. The smallest absolute Gasteiger partial charge is 0.250 e. The lowest BCUT2D eigenvalue weighted by atomic mass is 10.2. The summed E-state index contributed by atoms with van der Waals surface area (Å²) in [6.45, 7) is 2.56. The van der Waals surface area contributed by atoms with E-state index in [4.69, 9.17) is 0 Å². The van der Waals surface area contributed by atoms with Crippen molar-refractivity contribution < 1.29 is 4.79 Å². The summed E-state index contributed by atoms with van der Waals surface area (Å²) in [7, 11) is 1.88. The summed E-state index contributed by atoms with van der Waals surface area (Å²) in [5.41, 5.74) is 5.63. The first-order valence-corrected chi connectivity index (χ1v) is 10.7. The Kier molecular flexibility index (Phi) is 7.42. The summed E-state index contributed by atoms with van der Waals surface area (Å²) in [6, 6.07) is 15.8. The molecule has 150 valence electrons. The third kappa shape index (κ3) is 6.43. The van der Waals surface area contributed by atoms with Crippen molar-refractivity contribution in [3.05, 3.63) is 70.0 Å². The van der Waals surface area contributed by atoms with E-state index in [-0.39, 0.29) is 11.7 Å². The molecule has 0 saturated heterocycles. The highest BCUT2D eigenvalue weighted by atomic mass is 79.9. The molecule has 0 atom stereocenters. The second-order valence-electron chi connectivity index (χ2n) is 6.31. The summed E-state index contributed by atoms with van der Waals surface area (Å²) in [4.78, 5) is 12.0. The Bertz CT molecular complexity index is 985. The Balaban J connectivity index is 1.46. The first kappa shape index (κ1) is 21.1. The topological polar surface area (TPSA) is 84.2 Å². The van der Waals surface area contributed by atoms with Gasteiger partial charge in [0.15, 0.2) is 11.0 Å². The van der Waals surface area contributed by atoms with Gasteiger partial charge in [-0.3, -0.25) is 4.79 Å². The Morgan fingerprint density at radius 1 is 1.17 bits per heavy atom. The van der Waals surface area contributed by atoms with Gasteiger partial charge in [-0.25, -0.2) is 5.43 Å². The second-order valence-corrected chi connectivity index (χ2v) is 8.17. The molecule has 1 amide bonds. The first-order chi connectivity index (χ1) is 14.0. The Hall–Kier alpha value is -2.65. The number of aromatic nitrogens is 3. The number of aryl methyl sites for hydroxylation is 1. The minimum absolute atomic E-state index is 0.198. The van der Waals surface area contributed by atoms with Gasteiger partial charge in [0.05, 0.1) is 18.5 Å². The van der Waals surface area contributed by atoms with Gasteiger partial charge >= 0.3 is 0 Å². The number of amides is 1. The molecule has 0 bridgehead atoms. The molecule has 0 aliphatic rings. The van der Waals surface area contributed by atoms with Crippen LogP contribution in [0.3, 0.4) is 0 Å². The number of nitrogens with one attached hydrogen (secondary N) is 2. The van der Waals surface area contributed by atoms with Crippen molar-refractivity contribution in [1.82, 2.24) is 20.2 Å². The van der Waals surface area contributed by atoms with Crippen LogP contribution in [0.15, 0.2) is 63.3 Å². The van der Waals surface area contributed by atoms with Crippen molar-refractivity contribution in [2.24, 2.45) is 12.1 Å². The van der Waals surface area contributed by atoms with E-state index in [1.807, 2.05) is 67.1 Å². The molecular formula is C20H21BrN6OS. The van der Waals surface area contributed by atoms with E-state index in [1.54, 1.807) is 6.21 Å². The van der Waals surface area contributed by atoms with Gasteiger partial charge in [-0.2, -0.15) is 5.10 Å². The third-order valence-corrected chi connectivity index (χ3v) is 5.58. The predicted molar refractivity (Wildman–Crippen MR) is 120 cm³/mol. The number of rotatable bonds is 8. The van der Waals surface area contributed by atoms with E-state index in [0.717, 1.165) is 21.5 Å². The lowest BCUT2D eigenvalue weighted by Gasteiger charge is -2.07. The molecule has 2 aromatic carbocycles. The summed E-state index contributed by atoms with van der Waals surface area (Å²) >= 11 is 4.73. The Morgan fingerprint density at radius 3 is 2.62 bits per heavy atom. The molecule has 0 saturated carbocycles. The van der Waals surface area contributed by atoms with Gasteiger partial charge in [0.1, 0.15) is 0 Å². The molecule has 0 radical (unpaired) electrons. The molecule has 3 rings (SSSR count). The zero-order valence-electron chi connectivity index (χ0n) is 16.1. The monoisotopic (exact) mass is 472 g/mol. The molecule has 0 aliphatic carbocycles. The summed E-state index contributed by atoms with van der Waals surface area (Å²) in [5, 5.41) is 16.3. The summed E-state index contributed by atoms with van der Waals surface area (Å²) in [6.07, 6.45) is 1.62. The number of carbonyl (C=O) groups excluding carboxylic acids is 1. The maximum Gasteiger partial charge on any atom is 0.250 e. The highest BCUT2D eigenvalue weighted by Gasteiger charge is 2.11. The molecule has 2 N–H and O–H groups in total. The molecule has 29 heavy (non-hydrogen) atoms. The molecule has 9 heteroatoms.